The summed E-state index contributed by atoms with van der Waals surface area (Å²) in [4.78, 5) is 8.70. The summed E-state index contributed by atoms with van der Waals surface area (Å²) in [6.45, 7) is 3.99. The molecular weight excluding hydrogens is 188 g/mol. The molecule has 0 amide bonds. The van der Waals surface area contributed by atoms with Crippen LogP contribution in [0.4, 0.5) is 0 Å². The van der Waals surface area contributed by atoms with Gasteiger partial charge in [-0.25, -0.2) is 9.97 Å². The zero-order valence-corrected chi connectivity index (χ0v) is 9.20. The Morgan fingerprint density at radius 3 is 3.07 bits per heavy atom. The fraction of sp³-hybridized carbons (Fsp3) is 0.455. The van der Waals surface area contributed by atoms with E-state index in [1.807, 2.05) is 19.2 Å². The van der Waals surface area contributed by atoms with Gasteiger partial charge in [-0.05, 0) is 25.1 Å². The predicted molar refractivity (Wildman–Crippen MR) is 60.5 cm³/mol. The first-order valence-corrected chi connectivity index (χ1v) is 5.30. The summed E-state index contributed by atoms with van der Waals surface area (Å²) in [7, 11) is 2.03. The summed E-state index contributed by atoms with van der Waals surface area (Å²) < 4.78 is 2.09. The van der Waals surface area contributed by atoms with Crippen LogP contribution in [0.3, 0.4) is 0 Å². The van der Waals surface area contributed by atoms with Gasteiger partial charge >= 0.3 is 0 Å². The molecule has 0 aliphatic carbocycles. The maximum absolute atomic E-state index is 4.47. The summed E-state index contributed by atoms with van der Waals surface area (Å²) in [5, 5.41) is 3.34. The van der Waals surface area contributed by atoms with E-state index in [-0.39, 0.29) is 0 Å². The minimum Gasteiger partial charge on any atom is -0.329 e. The molecule has 0 saturated heterocycles. The predicted octanol–water partition coefficient (Wildman–Crippen LogP) is 1.47. The molecule has 0 spiro atoms. The minimum absolute atomic E-state index is 0.806. The zero-order chi connectivity index (χ0) is 10.7. The molecule has 4 heteroatoms. The lowest BCUT2D eigenvalue weighted by molar-refractivity contribution is 0.634. The van der Waals surface area contributed by atoms with E-state index in [1.165, 1.54) is 0 Å². The summed E-state index contributed by atoms with van der Waals surface area (Å²) in [5.74, 6) is 1.04. The second-order valence-corrected chi connectivity index (χ2v) is 3.61. The molecular formula is C11H16N4. The summed E-state index contributed by atoms with van der Waals surface area (Å²) >= 11 is 0. The van der Waals surface area contributed by atoms with Crippen LogP contribution in [0.1, 0.15) is 19.2 Å². The van der Waals surface area contributed by atoms with Crippen molar-refractivity contribution in [2.45, 2.75) is 19.9 Å². The van der Waals surface area contributed by atoms with Gasteiger partial charge in [0.25, 0.3) is 0 Å². The van der Waals surface area contributed by atoms with Crippen LogP contribution >= 0.6 is 0 Å². The fourth-order valence-electron chi connectivity index (χ4n) is 1.61. The number of fused-ring (bicyclic) bond motifs is 1. The van der Waals surface area contributed by atoms with Gasteiger partial charge < -0.3 is 9.88 Å². The van der Waals surface area contributed by atoms with E-state index in [2.05, 4.69) is 26.8 Å². The molecule has 0 saturated carbocycles. The van der Waals surface area contributed by atoms with E-state index in [0.717, 1.165) is 36.5 Å². The average molecular weight is 204 g/mol. The van der Waals surface area contributed by atoms with Crippen molar-refractivity contribution < 1.29 is 0 Å². The minimum atomic E-state index is 0.806. The Kier molecular flexibility index (Phi) is 2.97. The quantitative estimate of drug-likeness (QED) is 0.767. The Bertz CT molecular complexity index is 447. The molecule has 0 aliphatic heterocycles. The second-order valence-electron chi connectivity index (χ2n) is 3.61. The van der Waals surface area contributed by atoms with Gasteiger partial charge in [-0.2, -0.15) is 0 Å². The highest BCUT2D eigenvalue weighted by Crippen LogP contribution is 2.11. The van der Waals surface area contributed by atoms with Crippen LogP contribution in [-0.2, 0) is 13.6 Å². The Morgan fingerprint density at radius 1 is 1.47 bits per heavy atom. The number of rotatable bonds is 4. The Morgan fingerprint density at radius 2 is 2.33 bits per heavy atom. The third kappa shape index (κ3) is 1.99. The number of nitrogens with zero attached hydrogens (tertiary/aromatic N) is 3. The highest BCUT2D eigenvalue weighted by molar-refractivity contribution is 5.71. The van der Waals surface area contributed by atoms with E-state index >= 15 is 0 Å². The molecule has 0 atom stereocenters. The van der Waals surface area contributed by atoms with Crippen molar-refractivity contribution in [3.8, 4) is 0 Å². The van der Waals surface area contributed by atoms with Crippen LogP contribution in [0.15, 0.2) is 18.3 Å². The standard InChI is InChI=1S/C11H16N4/c1-3-6-12-8-10-14-11-9(15(10)2)5-4-7-13-11/h4-5,7,12H,3,6,8H2,1-2H3. The van der Waals surface area contributed by atoms with E-state index in [0.29, 0.717) is 0 Å². The van der Waals surface area contributed by atoms with Crippen molar-refractivity contribution >= 4 is 11.2 Å². The van der Waals surface area contributed by atoms with Gasteiger partial charge in [-0.3, -0.25) is 0 Å². The first kappa shape index (κ1) is 10.1. The Labute approximate surface area is 89.3 Å². The number of hydrogen-bond donors (Lipinski definition) is 1. The topological polar surface area (TPSA) is 42.7 Å². The van der Waals surface area contributed by atoms with E-state index in [4.69, 9.17) is 0 Å². The molecule has 0 aromatic carbocycles. The molecule has 4 nitrogen and oxygen atoms in total. The van der Waals surface area contributed by atoms with Crippen molar-refractivity contribution in [2.24, 2.45) is 7.05 Å². The van der Waals surface area contributed by atoms with E-state index in [1.54, 1.807) is 6.20 Å². The molecule has 0 unspecified atom stereocenters. The number of nitrogens with one attached hydrogen (secondary N) is 1. The number of hydrogen-bond acceptors (Lipinski definition) is 3. The lowest BCUT2D eigenvalue weighted by Gasteiger charge is -2.02. The Hall–Kier alpha value is -1.42. The molecule has 2 aromatic rings. The zero-order valence-electron chi connectivity index (χ0n) is 9.20. The summed E-state index contributed by atoms with van der Waals surface area (Å²) in [5.41, 5.74) is 1.92. The van der Waals surface area contributed by atoms with Crippen LogP contribution in [-0.4, -0.2) is 21.1 Å². The van der Waals surface area contributed by atoms with Gasteiger partial charge in [0.2, 0.25) is 0 Å². The smallest absolute Gasteiger partial charge is 0.177 e. The number of imidazole rings is 1. The molecule has 1 N–H and O–H groups in total. The van der Waals surface area contributed by atoms with Crippen LogP contribution < -0.4 is 5.32 Å². The number of aromatic nitrogens is 3. The van der Waals surface area contributed by atoms with Gasteiger partial charge in [0.15, 0.2) is 5.65 Å². The molecule has 15 heavy (non-hydrogen) atoms. The fourth-order valence-corrected chi connectivity index (χ4v) is 1.61. The second kappa shape index (κ2) is 4.40. The number of aryl methyl sites for hydroxylation is 1. The van der Waals surface area contributed by atoms with Crippen molar-refractivity contribution in [3.63, 3.8) is 0 Å². The van der Waals surface area contributed by atoms with Crippen LogP contribution in [0.25, 0.3) is 11.2 Å². The van der Waals surface area contributed by atoms with Gasteiger partial charge in [-0.1, -0.05) is 6.92 Å². The Balaban J connectivity index is 2.24. The molecule has 0 bridgehead atoms. The highest BCUT2D eigenvalue weighted by Gasteiger charge is 2.06. The van der Waals surface area contributed by atoms with E-state index < -0.39 is 0 Å². The van der Waals surface area contributed by atoms with Crippen molar-refractivity contribution in [1.82, 2.24) is 19.9 Å². The first-order valence-electron chi connectivity index (χ1n) is 5.30. The molecule has 80 valence electrons. The van der Waals surface area contributed by atoms with Crippen molar-refractivity contribution in [1.29, 1.82) is 0 Å². The largest absolute Gasteiger partial charge is 0.329 e. The number of pyridine rings is 1. The molecule has 0 aliphatic rings. The maximum atomic E-state index is 4.47. The van der Waals surface area contributed by atoms with Gasteiger partial charge in [0.1, 0.15) is 5.82 Å². The summed E-state index contributed by atoms with van der Waals surface area (Å²) in [6, 6.07) is 3.98. The van der Waals surface area contributed by atoms with Crippen LogP contribution in [0.5, 0.6) is 0 Å². The molecule has 2 rings (SSSR count). The third-order valence-electron chi connectivity index (χ3n) is 2.46. The van der Waals surface area contributed by atoms with Crippen molar-refractivity contribution in [3.05, 3.63) is 24.2 Å². The molecule has 0 radical (unpaired) electrons. The SMILES string of the molecule is CCCNCc1nc2ncccc2n1C. The molecule has 2 aromatic heterocycles. The monoisotopic (exact) mass is 204 g/mol. The van der Waals surface area contributed by atoms with Gasteiger partial charge in [-0.15, -0.1) is 0 Å². The molecule has 0 fully saturated rings. The van der Waals surface area contributed by atoms with Crippen LogP contribution in [0, 0.1) is 0 Å². The van der Waals surface area contributed by atoms with Crippen molar-refractivity contribution in [2.75, 3.05) is 6.54 Å². The van der Waals surface area contributed by atoms with E-state index in [9.17, 15) is 0 Å². The average Bonchev–Trinajstić information content (AvgIpc) is 2.57. The molecule has 2 heterocycles. The van der Waals surface area contributed by atoms with Gasteiger partial charge in [0.05, 0.1) is 12.1 Å². The third-order valence-corrected chi connectivity index (χ3v) is 2.46. The van der Waals surface area contributed by atoms with Crippen LogP contribution in [0.2, 0.25) is 0 Å². The van der Waals surface area contributed by atoms with Gasteiger partial charge in [0, 0.05) is 13.2 Å². The lowest BCUT2D eigenvalue weighted by Crippen LogP contribution is -2.16. The maximum Gasteiger partial charge on any atom is 0.177 e. The lowest BCUT2D eigenvalue weighted by atomic mass is 10.4. The summed E-state index contributed by atoms with van der Waals surface area (Å²) in [6.07, 6.45) is 2.92. The highest BCUT2D eigenvalue weighted by atomic mass is 15.1. The normalized spacial score (nSPS) is 11.1. The first-order chi connectivity index (χ1) is 7.33.